The van der Waals surface area contributed by atoms with Crippen molar-refractivity contribution in [3.05, 3.63) is 30.3 Å². The summed E-state index contributed by atoms with van der Waals surface area (Å²) in [7, 11) is 1.75. The molecular weight excluding hydrogens is 266 g/mol. The largest absolute Gasteiger partial charge is 0.381 e. The van der Waals surface area contributed by atoms with Crippen LogP contribution in [-0.4, -0.2) is 49.7 Å². The molecule has 1 aliphatic heterocycles. The average Bonchev–Trinajstić information content (AvgIpc) is 2.53. The van der Waals surface area contributed by atoms with Gasteiger partial charge in [-0.25, -0.2) is 0 Å². The first-order valence-corrected chi connectivity index (χ1v) is 7.54. The van der Waals surface area contributed by atoms with Gasteiger partial charge in [0.05, 0.1) is 6.10 Å². The van der Waals surface area contributed by atoms with Crippen LogP contribution in [0.15, 0.2) is 30.3 Å². The van der Waals surface area contributed by atoms with Gasteiger partial charge in [-0.05, 0) is 25.0 Å². The Bertz CT molecular complexity index is 438. The van der Waals surface area contributed by atoms with Crippen LogP contribution in [0.3, 0.4) is 0 Å². The van der Waals surface area contributed by atoms with E-state index >= 15 is 0 Å². The van der Waals surface area contributed by atoms with Crippen LogP contribution in [0.2, 0.25) is 0 Å². The van der Waals surface area contributed by atoms with Crippen LogP contribution in [0.1, 0.15) is 19.3 Å². The molecule has 2 atom stereocenters. The van der Waals surface area contributed by atoms with Crippen LogP contribution in [0.4, 0.5) is 5.69 Å². The first-order chi connectivity index (χ1) is 10.2. The molecule has 1 heterocycles. The molecule has 0 aliphatic carbocycles. The van der Waals surface area contributed by atoms with Gasteiger partial charge >= 0.3 is 0 Å². The highest BCUT2D eigenvalue weighted by Crippen LogP contribution is 2.19. The van der Waals surface area contributed by atoms with E-state index in [1.807, 2.05) is 30.3 Å². The Morgan fingerprint density at radius 2 is 2.19 bits per heavy atom. The molecule has 1 amide bonds. The van der Waals surface area contributed by atoms with Crippen LogP contribution < -0.4 is 11.1 Å². The molecule has 1 aromatic rings. The molecular formula is C16H25N3O2. The molecule has 0 spiro atoms. The molecule has 5 heteroatoms. The number of hydrogen-bond donors (Lipinski definition) is 2. The quantitative estimate of drug-likeness (QED) is 0.832. The van der Waals surface area contributed by atoms with Crippen molar-refractivity contribution in [2.75, 3.05) is 32.1 Å². The molecule has 21 heavy (non-hydrogen) atoms. The summed E-state index contributed by atoms with van der Waals surface area (Å²) >= 11 is 0. The molecule has 5 nitrogen and oxygen atoms in total. The Labute approximate surface area is 126 Å². The number of ether oxygens (including phenoxy) is 1. The summed E-state index contributed by atoms with van der Waals surface area (Å²) in [6.45, 7) is 2.30. The van der Waals surface area contributed by atoms with Crippen molar-refractivity contribution in [3.63, 3.8) is 0 Å². The number of rotatable bonds is 6. The number of methoxy groups -OCH3 is 1. The Morgan fingerprint density at radius 1 is 1.43 bits per heavy atom. The second-order valence-corrected chi connectivity index (χ2v) is 5.47. The molecule has 116 valence electrons. The van der Waals surface area contributed by atoms with Gasteiger partial charge < -0.3 is 15.8 Å². The van der Waals surface area contributed by atoms with Crippen molar-refractivity contribution in [2.24, 2.45) is 5.73 Å². The summed E-state index contributed by atoms with van der Waals surface area (Å²) in [6.07, 6.45) is 2.75. The summed E-state index contributed by atoms with van der Waals surface area (Å²) in [6, 6.07) is 9.86. The number of likely N-dealkylation sites (tertiary alicyclic amines) is 1. The van der Waals surface area contributed by atoms with Crippen molar-refractivity contribution in [1.82, 2.24) is 4.90 Å². The molecule has 2 rings (SSSR count). The molecule has 1 saturated heterocycles. The lowest BCUT2D eigenvalue weighted by Gasteiger charge is -2.38. The lowest BCUT2D eigenvalue weighted by molar-refractivity contribution is -0.116. The van der Waals surface area contributed by atoms with Crippen LogP contribution >= 0.6 is 0 Å². The minimum absolute atomic E-state index is 0.0471. The van der Waals surface area contributed by atoms with Gasteiger partial charge in [0.15, 0.2) is 0 Å². The van der Waals surface area contributed by atoms with Gasteiger partial charge in [-0.15, -0.1) is 0 Å². The maximum Gasteiger partial charge on any atom is 0.225 e. The van der Waals surface area contributed by atoms with Gasteiger partial charge in [0.1, 0.15) is 0 Å². The van der Waals surface area contributed by atoms with Gasteiger partial charge in [-0.1, -0.05) is 18.2 Å². The highest BCUT2D eigenvalue weighted by molar-refractivity contribution is 5.90. The van der Waals surface area contributed by atoms with Crippen LogP contribution in [0.25, 0.3) is 0 Å². The number of carbonyl (C=O) groups excluding carboxylic acids is 1. The minimum Gasteiger partial charge on any atom is -0.381 e. The fraction of sp³-hybridized carbons (Fsp3) is 0.562. The second kappa shape index (κ2) is 8.12. The third-order valence-electron chi connectivity index (χ3n) is 4.08. The monoisotopic (exact) mass is 291 g/mol. The van der Waals surface area contributed by atoms with E-state index in [0.29, 0.717) is 25.1 Å². The highest BCUT2D eigenvalue weighted by atomic mass is 16.5. The summed E-state index contributed by atoms with van der Waals surface area (Å²) < 4.78 is 5.41. The van der Waals surface area contributed by atoms with Gasteiger partial charge in [0.25, 0.3) is 0 Å². The first-order valence-electron chi connectivity index (χ1n) is 7.54. The number of nitrogens with one attached hydrogen (secondary N) is 1. The summed E-state index contributed by atoms with van der Waals surface area (Å²) in [4.78, 5) is 14.3. The van der Waals surface area contributed by atoms with E-state index in [0.717, 1.165) is 31.6 Å². The average molecular weight is 291 g/mol. The second-order valence-electron chi connectivity index (χ2n) is 5.47. The van der Waals surface area contributed by atoms with Crippen molar-refractivity contribution in [1.29, 1.82) is 0 Å². The number of para-hydroxylation sites is 1. The summed E-state index contributed by atoms with van der Waals surface area (Å²) in [5.74, 6) is 0.0471. The van der Waals surface area contributed by atoms with Gasteiger partial charge in [-0.3, -0.25) is 9.69 Å². The zero-order valence-corrected chi connectivity index (χ0v) is 12.6. The van der Waals surface area contributed by atoms with E-state index in [-0.39, 0.29) is 5.91 Å². The standard InChI is InChI=1S/C16H25N3O2/c1-21-15-7-9-19(14(11-15)12-17)10-8-16(20)18-13-5-3-2-4-6-13/h2-6,14-15H,7-12,17H2,1H3,(H,18,20). The lowest BCUT2D eigenvalue weighted by Crippen LogP contribution is -2.49. The van der Waals surface area contributed by atoms with Crippen molar-refractivity contribution >= 4 is 11.6 Å². The fourth-order valence-corrected chi connectivity index (χ4v) is 2.81. The SMILES string of the molecule is COC1CCN(CCC(=O)Nc2ccccc2)C(CN)C1. The van der Waals surface area contributed by atoms with Gasteiger partial charge in [-0.2, -0.15) is 0 Å². The van der Waals surface area contributed by atoms with Crippen LogP contribution in [0.5, 0.6) is 0 Å². The predicted octanol–water partition coefficient (Wildman–Crippen LogP) is 1.45. The third kappa shape index (κ3) is 4.81. The fourth-order valence-electron chi connectivity index (χ4n) is 2.81. The number of piperidine rings is 1. The normalized spacial score (nSPS) is 23.0. The molecule has 0 saturated carbocycles. The smallest absolute Gasteiger partial charge is 0.225 e. The summed E-state index contributed by atoms with van der Waals surface area (Å²) in [5, 5.41) is 2.91. The van der Waals surface area contributed by atoms with Crippen molar-refractivity contribution in [3.8, 4) is 0 Å². The van der Waals surface area contributed by atoms with Crippen LogP contribution in [0, 0.1) is 0 Å². The number of anilines is 1. The molecule has 0 radical (unpaired) electrons. The molecule has 1 fully saturated rings. The van der Waals surface area contributed by atoms with Gasteiger partial charge in [0, 0.05) is 44.9 Å². The molecule has 1 aliphatic rings. The molecule has 0 bridgehead atoms. The Morgan fingerprint density at radius 3 is 2.86 bits per heavy atom. The Kier molecular flexibility index (Phi) is 6.17. The van der Waals surface area contributed by atoms with E-state index in [9.17, 15) is 4.79 Å². The number of hydrogen-bond acceptors (Lipinski definition) is 4. The first kappa shape index (κ1) is 15.9. The molecule has 3 N–H and O–H groups in total. The minimum atomic E-state index is 0.0471. The van der Waals surface area contributed by atoms with E-state index in [2.05, 4.69) is 10.2 Å². The number of amides is 1. The van der Waals surface area contributed by atoms with E-state index in [4.69, 9.17) is 10.5 Å². The highest BCUT2D eigenvalue weighted by Gasteiger charge is 2.27. The maximum absolute atomic E-state index is 12.0. The molecule has 1 aromatic carbocycles. The number of nitrogens with two attached hydrogens (primary N) is 1. The van der Waals surface area contributed by atoms with E-state index in [1.165, 1.54) is 0 Å². The molecule has 0 aromatic heterocycles. The lowest BCUT2D eigenvalue weighted by atomic mass is 9.99. The van der Waals surface area contributed by atoms with Crippen molar-refractivity contribution in [2.45, 2.75) is 31.4 Å². The number of nitrogens with zero attached hydrogens (tertiary/aromatic N) is 1. The van der Waals surface area contributed by atoms with Gasteiger partial charge in [0.2, 0.25) is 5.91 Å². The Hall–Kier alpha value is -1.43. The predicted molar refractivity (Wildman–Crippen MR) is 84.1 cm³/mol. The van der Waals surface area contributed by atoms with Crippen LogP contribution in [-0.2, 0) is 9.53 Å². The van der Waals surface area contributed by atoms with E-state index in [1.54, 1.807) is 7.11 Å². The maximum atomic E-state index is 12.0. The topological polar surface area (TPSA) is 67.6 Å². The van der Waals surface area contributed by atoms with E-state index < -0.39 is 0 Å². The van der Waals surface area contributed by atoms with Crippen molar-refractivity contribution < 1.29 is 9.53 Å². The molecule has 2 unspecified atom stereocenters. The number of benzene rings is 1. The Balaban J connectivity index is 1.78. The zero-order chi connectivity index (χ0) is 15.1. The zero-order valence-electron chi connectivity index (χ0n) is 12.6. The third-order valence-corrected chi connectivity index (χ3v) is 4.08. The number of carbonyl (C=O) groups is 1. The summed E-state index contributed by atoms with van der Waals surface area (Å²) in [5.41, 5.74) is 6.69.